The van der Waals surface area contributed by atoms with E-state index in [0.717, 1.165) is 51.8 Å². The molecule has 24 heavy (non-hydrogen) atoms. The molecule has 0 aliphatic carbocycles. The van der Waals surface area contributed by atoms with Crippen molar-refractivity contribution < 1.29 is 9.53 Å². The Morgan fingerprint density at radius 2 is 1.88 bits per heavy atom. The molecule has 0 spiro atoms. The maximum Gasteiger partial charge on any atom is 0.221 e. The molecule has 1 aliphatic rings. The highest BCUT2D eigenvalue weighted by atomic mass is 16.5. The number of nitrogens with zero attached hydrogens (tertiary/aromatic N) is 2. The molecule has 0 aromatic carbocycles. The summed E-state index contributed by atoms with van der Waals surface area (Å²) in [4.78, 5) is 18.3. The predicted molar refractivity (Wildman–Crippen MR) is 98.3 cm³/mol. The van der Waals surface area contributed by atoms with Crippen molar-refractivity contribution >= 4 is 11.9 Å². The normalized spacial score (nSPS) is 17.6. The number of guanidine groups is 1. The van der Waals surface area contributed by atoms with E-state index in [0.29, 0.717) is 24.9 Å². The summed E-state index contributed by atoms with van der Waals surface area (Å²) < 4.78 is 5.44. The maximum atomic E-state index is 11.6. The predicted octanol–water partition coefficient (Wildman–Crippen LogP) is 0.425. The van der Waals surface area contributed by atoms with Gasteiger partial charge in [-0.1, -0.05) is 20.8 Å². The molecule has 0 aromatic rings. The number of rotatable bonds is 9. The third-order valence-electron chi connectivity index (χ3n) is 4.20. The molecule has 0 radical (unpaired) electrons. The van der Waals surface area contributed by atoms with Crippen LogP contribution >= 0.6 is 0 Å². The molecule has 140 valence electrons. The van der Waals surface area contributed by atoms with E-state index >= 15 is 0 Å². The Balaban J connectivity index is 2.33. The van der Waals surface area contributed by atoms with E-state index in [1.807, 2.05) is 6.92 Å². The Morgan fingerprint density at radius 1 is 1.17 bits per heavy atom. The van der Waals surface area contributed by atoms with Crippen molar-refractivity contribution in [1.29, 1.82) is 0 Å². The largest absolute Gasteiger partial charge is 0.379 e. The van der Waals surface area contributed by atoms with Gasteiger partial charge in [-0.05, 0) is 12.3 Å². The fourth-order valence-corrected chi connectivity index (χ4v) is 2.76. The Bertz CT molecular complexity index is 381. The lowest BCUT2D eigenvalue weighted by atomic mass is 10.0. The highest BCUT2D eigenvalue weighted by Crippen LogP contribution is 2.12. The van der Waals surface area contributed by atoms with E-state index in [1.54, 1.807) is 7.05 Å². The van der Waals surface area contributed by atoms with Gasteiger partial charge in [0.05, 0.1) is 13.2 Å². The second kappa shape index (κ2) is 12.1. The Hall–Kier alpha value is -1.34. The van der Waals surface area contributed by atoms with Crippen LogP contribution in [0.15, 0.2) is 4.99 Å². The van der Waals surface area contributed by atoms with E-state index in [9.17, 15) is 4.79 Å². The average Bonchev–Trinajstić information content (AvgIpc) is 2.59. The molecule has 0 saturated carbocycles. The molecule has 1 atom stereocenters. The number of morpholine rings is 1. The zero-order valence-corrected chi connectivity index (χ0v) is 15.7. The molecule has 1 heterocycles. The van der Waals surface area contributed by atoms with Gasteiger partial charge in [-0.25, -0.2) is 0 Å². The lowest BCUT2D eigenvalue weighted by molar-refractivity contribution is -0.120. The monoisotopic (exact) mass is 341 g/mol. The molecule has 1 saturated heterocycles. The minimum Gasteiger partial charge on any atom is -0.379 e. The lowest BCUT2D eigenvalue weighted by Gasteiger charge is -2.37. The number of nitrogens with one attached hydrogen (secondary N) is 3. The third-order valence-corrected chi connectivity index (χ3v) is 4.20. The van der Waals surface area contributed by atoms with Gasteiger partial charge in [0, 0.05) is 52.2 Å². The van der Waals surface area contributed by atoms with E-state index in [1.165, 1.54) is 0 Å². The lowest BCUT2D eigenvalue weighted by Crippen LogP contribution is -2.52. The van der Waals surface area contributed by atoms with Crippen molar-refractivity contribution in [2.75, 3.05) is 53.0 Å². The van der Waals surface area contributed by atoms with Crippen molar-refractivity contribution in [2.45, 2.75) is 39.7 Å². The molecule has 1 fully saturated rings. The van der Waals surface area contributed by atoms with Crippen molar-refractivity contribution in [1.82, 2.24) is 20.9 Å². The summed E-state index contributed by atoms with van der Waals surface area (Å²) in [5.41, 5.74) is 0. The number of ether oxygens (including phenoxy) is 1. The van der Waals surface area contributed by atoms with Crippen LogP contribution in [0.1, 0.15) is 33.6 Å². The van der Waals surface area contributed by atoms with Gasteiger partial charge >= 0.3 is 0 Å². The zero-order valence-electron chi connectivity index (χ0n) is 15.7. The molecule has 3 N–H and O–H groups in total. The van der Waals surface area contributed by atoms with Crippen LogP contribution < -0.4 is 16.0 Å². The number of carbonyl (C=O) groups is 1. The molecule has 0 aromatic heterocycles. The summed E-state index contributed by atoms with van der Waals surface area (Å²) in [5, 5.41) is 9.47. The van der Waals surface area contributed by atoms with Crippen molar-refractivity contribution in [3.8, 4) is 0 Å². The molecule has 7 heteroatoms. The van der Waals surface area contributed by atoms with Crippen LogP contribution in [0.3, 0.4) is 0 Å². The molecule has 1 amide bonds. The van der Waals surface area contributed by atoms with E-state index < -0.39 is 0 Å². The second-order valence-corrected chi connectivity index (χ2v) is 6.44. The maximum absolute atomic E-state index is 11.6. The van der Waals surface area contributed by atoms with Gasteiger partial charge in [0.25, 0.3) is 0 Å². The summed E-state index contributed by atoms with van der Waals surface area (Å²) >= 11 is 0. The molecule has 1 aliphatic heterocycles. The number of carbonyl (C=O) groups excluding carboxylic acids is 1. The zero-order chi connectivity index (χ0) is 17.8. The van der Waals surface area contributed by atoms with Crippen LogP contribution in [0.5, 0.6) is 0 Å². The molecule has 1 unspecified atom stereocenters. The van der Waals surface area contributed by atoms with Crippen molar-refractivity contribution in [3.63, 3.8) is 0 Å². The Morgan fingerprint density at radius 3 is 2.46 bits per heavy atom. The average molecular weight is 342 g/mol. The fourth-order valence-electron chi connectivity index (χ4n) is 2.76. The first-order valence-corrected chi connectivity index (χ1v) is 9.11. The van der Waals surface area contributed by atoms with Crippen molar-refractivity contribution in [3.05, 3.63) is 0 Å². The minimum atomic E-state index is 0.0770. The number of amides is 1. The Labute approximate surface area is 146 Å². The SMILES string of the molecule is CCCNC(=O)CCNC(=NC)NCC(C(C)C)N1CCOCC1. The molecule has 0 bridgehead atoms. The number of aliphatic imine (C=N–C) groups is 1. The van der Waals surface area contributed by atoms with Gasteiger partial charge < -0.3 is 20.7 Å². The molecular weight excluding hydrogens is 306 g/mol. The number of hydrogen-bond acceptors (Lipinski definition) is 4. The van der Waals surface area contributed by atoms with Gasteiger partial charge in [-0.2, -0.15) is 0 Å². The topological polar surface area (TPSA) is 78.0 Å². The number of hydrogen-bond donors (Lipinski definition) is 3. The van der Waals surface area contributed by atoms with Crippen LogP contribution in [0.25, 0.3) is 0 Å². The van der Waals surface area contributed by atoms with E-state index in [2.05, 4.69) is 39.7 Å². The van der Waals surface area contributed by atoms with Crippen molar-refractivity contribution in [2.24, 2.45) is 10.9 Å². The van der Waals surface area contributed by atoms with E-state index in [4.69, 9.17) is 4.74 Å². The van der Waals surface area contributed by atoms with Gasteiger partial charge in [0.1, 0.15) is 0 Å². The summed E-state index contributed by atoms with van der Waals surface area (Å²) in [5.74, 6) is 1.37. The van der Waals surface area contributed by atoms with Gasteiger partial charge in [0.15, 0.2) is 5.96 Å². The molecule has 7 nitrogen and oxygen atoms in total. The molecular formula is C17H35N5O2. The first-order chi connectivity index (χ1) is 11.6. The Kier molecular flexibility index (Phi) is 10.4. The first kappa shape index (κ1) is 20.7. The van der Waals surface area contributed by atoms with E-state index in [-0.39, 0.29) is 5.91 Å². The summed E-state index contributed by atoms with van der Waals surface area (Å²) in [6.07, 6.45) is 1.41. The van der Waals surface area contributed by atoms with Crippen LogP contribution in [-0.4, -0.2) is 75.8 Å². The summed E-state index contributed by atoms with van der Waals surface area (Å²) in [6.45, 7) is 12.3. The van der Waals surface area contributed by atoms with Crippen LogP contribution in [-0.2, 0) is 9.53 Å². The minimum absolute atomic E-state index is 0.0770. The van der Waals surface area contributed by atoms with Crippen LogP contribution in [0, 0.1) is 5.92 Å². The quantitative estimate of drug-likeness (QED) is 0.419. The first-order valence-electron chi connectivity index (χ1n) is 9.11. The second-order valence-electron chi connectivity index (χ2n) is 6.44. The highest BCUT2D eigenvalue weighted by Gasteiger charge is 2.23. The summed E-state index contributed by atoms with van der Waals surface area (Å²) in [7, 11) is 1.76. The summed E-state index contributed by atoms with van der Waals surface area (Å²) in [6, 6.07) is 0.445. The van der Waals surface area contributed by atoms with Crippen LogP contribution in [0.4, 0.5) is 0 Å². The third kappa shape index (κ3) is 7.97. The molecule has 1 rings (SSSR count). The smallest absolute Gasteiger partial charge is 0.221 e. The van der Waals surface area contributed by atoms with Gasteiger partial charge in [-0.15, -0.1) is 0 Å². The highest BCUT2D eigenvalue weighted by molar-refractivity contribution is 5.81. The standard InChI is InChI=1S/C17H35N5O2/c1-5-7-19-16(23)6-8-20-17(18-4)21-13-15(14(2)3)22-9-11-24-12-10-22/h14-15H,5-13H2,1-4H3,(H,19,23)(H2,18,20,21). The van der Waals surface area contributed by atoms with Gasteiger partial charge in [-0.3, -0.25) is 14.7 Å². The fraction of sp³-hybridized carbons (Fsp3) is 0.882. The van der Waals surface area contributed by atoms with Gasteiger partial charge in [0.2, 0.25) is 5.91 Å². The van der Waals surface area contributed by atoms with Crippen LogP contribution in [0.2, 0.25) is 0 Å².